The van der Waals surface area contributed by atoms with Crippen LogP contribution in [0.1, 0.15) is 25.6 Å². The topological polar surface area (TPSA) is 29.9 Å². The minimum atomic E-state index is 0.853. The molecule has 1 N–H and O–H groups in total. The van der Waals surface area contributed by atoms with Crippen LogP contribution < -0.4 is 5.32 Å². The number of nitrogens with zero attached hydrogens (tertiary/aromatic N) is 2. The summed E-state index contributed by atoms with van der Waals surface area (Å²) in [5.41, 5.74) is 0. The van der Waals surface area contributed by atoms with E-state index in [0.29, 0.717) is 0 Å². The van der Waals surface area contributed by atoms with Crippen LogP contribution in [0, 0.1) is 11.8 Å². The Morgan fingerprint density at radius 2 is 2.40 bits per heavy atom. The second-order valence-electron chi connectivity index (χ2n) is 4.72. The Morgan fingerprint density at radius 3 is 3.00 bits per heavy atom. The van der Waals surface area contributed by atoms with Gasteiger partial charge in [0, 0.05) is 32.4 Å². The van der Waals surface area contributed by atoms with Gasteiger partial charge in [0.25, 0.3) is 0 Å². The van der Waals surface area contributed by atoms with Crippen molar-refractivity contribution in [3.8, 4) is 0 Å². The summed E-state index contributed by atoms with van der Waals surface area (Å²) in [5, 5.41) is 3.52. The van der Waals surface area contributed by atoms with E-state index in [4.69, 9.17) is 0 Å². The van der Waals surface area contributed by atoms with Crippen LogP contribution in [-0.2, 0) is 13.5 Å². The lowest BCUT2D eigenvalue weighted by molar-refractivity contribution is 0.462. The molecule has 2 rings (SSSR count). The zero-order valence-electron chi connectivity index (χ0n) is 9.74. The monoisotopic (exact) mass is 207 g/mol. The average molecular weight is 207 g/mol. The fraction of sp³-hybridized carbons (Fsp3) is 0.750. The van der Waals surface area contributed by atoms with Gasteiger partial charge in [0.2, 0.25) is 0 Å². The van der Waals surface area contributed by atoms with E-state index < -0.39 is 0 Å². The lowest BCUT2D eigenvalue weighted by atomic mass is 10.1. The molecule has 1 unspecified atom stereocenters. The number of nitrogens with one attached hydrogen (secondary N) is 1. The van der Waals surface area contributed by atoms with Gasteiger partial charge >= 0.3 is 0 Å². The normalized spacial score (nSPS) is 18.0. The van der Waals surface area contributed by atoms with Gasteiger partial charge in [0.1, 0.15) is 5.82 Å². The van der Waals surface area contributed by atoms with Crippen LogP contribution >= 0.6 is 0 Å². The fourth-order valence-corrected chi connectivity index (χ4v) is 2.00. The molecule has 0 aromatic carbocycles. The summed E-state index contributed by atoms with van der Waals surface area (Å²) in [5.74, 6) is 3.03. The lowest BCUT2D eigenvalue weighted by Gasteiger charge is -2.10. The van der Waals surface area contributed by atoms with Crippen molar-refractivity contribution in [2.45, 2.75) is 26.2 Å². The van der Waals surface area contributed by atoms with Gasteiger partial charge in [-0.15, -0.1) is 0 Å². The van der Waals surface area contributed by atoms with E-state index in [0.717, 1.165) is 31.3 Å². The maximum atomic E-state index is 4.30. The highest BCUT2D eigenvalue weighted by Crippen LogP contribution is 2.35. The number of aromatic nitrogens is 2. The second-order valence-corrected chi connectivity index (χ2v) is 4.72. The Kier molecular flexibility index (Phi) is 3.41. The fourth-order valence-electron chi connectivity index (χ4n) is 2.00. The molecule has 1 aliphatic carbocycles. The standard InChI is InChI=1S/C12H21N3/c1-10(11-3-4-11)9-13-6-5-12-14-7-8-15(12)2/h7-8,10-11,13H,3-6,9H2,1-2H3. The molecule has 1 saturated carbocycles. The first-order valence-corrected chi connectivity index (χ1v) is 5.94. The van der Waals surface area contributed by atoms with Crippen LogP contribution in [0.15, 0.2) is 12.4 Å². The van der Waals surface area contributed by atoms with Gasteiger partial charge in [-0.25, -0.2) is 4.98 Å². The van der Waals surface area contributed by atoms with Crippen molar-refractivity contribution in [1.82, 2.24) is 14.9 Å². The number of rotatable bonds is 6. The molecule has 0 spiro atoms. The number of aryl methyl sites for hydroxylation is 1. The summed E-state index contributed by atoms with van der Waals surface area (Å²) in [6.45, 7) is 4.56. The van der Waals surface area contributed by atoms with Crippen molar-refractivity contribution in [1.29, 1.82) is 0 Å². The second kappa shape index (κ2) is 4.79. The van der Waals surface area contributed by atoms with Crippen LogP contribution in [0.2, 0.25) is 0 Å². The number of imidazole rings is 1. The maximum absolute atomic E-state index is 4.30. The highest BCUT2D eigenvalue weighted by Gasteiger charge is 2.27. The van der Waals surface area contributed by atoms with Gasteiger partial charge in [-0.2, -0.15) is 0 Å². The Bertz CT molecular complexity index is 302. The largest absolute Gasteiger partial charge is 0.338 e. The smallest absolute Gasteiger partial charge is 0.109 e. The number of hydrogen-bond acceptors (Lipinski definition) is 2. The SMILES string of the molecule is CC(CNCCc1nccn1C)C1CC1. The molecule has 84 valence electrons. The maximum Gasteiger partial charge on any atom is 0.109 e. The van der Waals surface area contributed by atoms with Gasteiger partial charge in [-0.1, -0.05) is 6.92 Å². The molecule has 15 heavy (non-hydrogen) atoms. The molecule has 1 heterocycles. The third-order valence-electron chi connectivity index (χ3n) is 3.34. The molecular formula is C12H21N3. The summed E-state index contributed by atoms with van der Waals surface area (Å²) in [7, 11) is 2.05. The Hall–Kier alpha value is -0.830. The molecule has 3 heteroatoms. The predicted molar refractivity (Wildman–Crippen MR) is 61.7 cm³/mol. The van der Waals surface area contributed by atoms with Crippen LogP contribution in [0.4, 0.5) is 0 Å². The summed E-state index contributed by atoms with van der Waals surface area (Å²) < 4.78 is 2.09. The van der Waals surface area contributed by atoms with Crippen LogP contribution in [0.3, 0.4) is 0 Å². The molecular weight excluding hydrogens is 186 g/mol. The predicted octanol–water partition coefficient (Wildman–Crippen LogP) is 1.60. The third kappa shape index (κ3) is 3.06. The van der Waals surface area contributed by atoms with Crippen molar-refractivity contribution < 1.29 is 0 Å². The minimum absolute atomic E-state index is 0.853. The van der Waals surface area contributed by atoms with Crippen LogP contribution in [0.5, 0.6) is 0 Å². The van der Waals surface area contributed by atoms with Gasteiger partial charge in [0.05, 0.1) is 0 Å². The van der Waals surface area contributed by atoms with Crippen LogP contribution in [0.25, 0.3) is 0 Å². The molecule has 1 aromatic heterocycles. The summed E-state index contributed by atoms with van der Waals surface area (Å²) in [6, 6.07) is 0. The zero-order chi connectivity index (χ0) is 10.7. The first kappa shape index (κ1) is 10.7. The molecule has 0 radical (unpaired) electrons. The van der Waals surface area contributed by atoms with Gasteiger partial charge in [0.15, 0.2) is 0 Å². The Labute approximate surface area is 91.9 Å². The van der Waals surface area contributed by atoms with E-state index in [2.05, 4.69) is 28.8 Å². The molecule has 3 nitrogen and oxygen atoms in total. The van der Waals surface area contributed by atoms with Crippen molar-refractivity contribution >= 4 is 0 Å². The average Bonchev–Trinajstić information content (AvgIpc) is 2.99. The number of hydrogen-bond donors (Lipinski definition) is 1. The molecule has 0 bridgehead atoms. The molecule has 1 aliphatic rings. The van der Waals surface area contributed by atoms with Crippen molar-refractivity contribution in [3.05, 3.63) is 18.2 Å². The summed E-state index contributed by atoms with van der Waals surface area (Å²) in [4.78, 5) is 4.30. The molecule has 1 fully saturated rings. The summed E-state index contributed by atoms with van der Waals surface area (Å²) in [6.07, 6.45) is 7.79. The Balaban J connectivity index is 1.60. The van der Waals surface area contributed by atoms with Crippen molar-refractivity contribution in [2.24, 2.45) is 18.9 Å². The first-order chi connectivity index (χ1) is 7.27. The van der Waals surface area contributed by atoms with E-state index in [1.807, 2.05) is 12.4 Å². The molecule has 1 atom stereocenters. The molecule has 0 saturated heterocycles. The van der Waals surface area contributed by atoms with Gasteiger partial charge in [-0.05, 0) is 31.2 Å². The van der Waals surface area contributed by atoms with E-state index in [1.165, 1.54) is 18.7 Å². The van der Waals surface area contributed by atoms with E-state index in [9.17, 15) is 0 Å². The highest BCUT2D eigenvalue weighted by molar-refractivity contribution is 4.91. The van der Waals surface area contributed by atoms with Gasteiger partial charge in [-0.3, -0.25) is 0 Å². The van der Waals surface area contributed by atoms with Crippen LogP contribution in [-0.4, -0.2) is 22.6 Å². The Morgan fingerprint density at radius 1 is 1.60 bits per heavy atom. The van der Waals surface area contributed by atoms with E-state index in [-0.39, 0.29) is 0 Å². The van der Waals surface area contributed by atoms with E-state index in [1.54, 1.807) is 0 Å². The third-order valence-corrected chi connectivity index (χ3v) is 3.34. The minimum Gasteiger partial charge on any atom is -0.338 e. The molecule has 0 aliphatic heterocycles. The van der Waals surface area contributed by atoms with Crippen molar-refractivity contribution in [3.63, 3.8) is 0 Å². The molecule has 0 amide bonds. The summed E-state index contributed by atoms with van der Waals surface area (Å²) >= 11 is 0. The van der Waals surface area contributed by atoms with E-state index >= 15 is 0 Å². The van der Waals surface area contributed by atoms with Crippen molar-refractivity contribution in [2.75, 3.05) is 13.1 Å². The molecule has 1 aromatic rings. The zero-order valence-corrected chi connectivity index (χ0v) is 9.74. The first-order valence-electron chi connectivity index (χ1n) is 5.94. The lowest BCUT2D eigenvalue weighted by Crippen LogP contribution is -2.25. The van der Waals surface area contributed by atoms with Gasteiger partial charge < -0.3 is 9.88 Å². The quantitative estimate of drug-likeness (QED) is 0.718. The highest BCUT2D eigenvalue weighted by atomic mass is 15.0.